The number of hydrogen-bond acceptors (Lipinski definition) is 3. The molecular formula is C16H33N3O2. The largest absolute Gasteiger partial charge is 0.356 e. The molecule has 0 aromatic carbocycles. The maximum absolute atomic E-state index is 11.8. The van der Waals surface area contributed by atoms with Crippen LogP contribution >= 0.6 is 0 Å². The molecular weight excluding hydrogens is 266 g/mol. The monoisotopic (exact) mass is 299 g/mol. The quantitative estimate of drug-likeness (QED) is 0.610. The fourth-order valence-electron chi connectivity index (χ4n) is 2.47. The molecule has 5 nitrogen and oxygen atoms in total. The summed E-state index contributed by atoms with van der Waals surface area (Å²) in [6.45, 7) is 10.8. The minimum atomic E-state index is 0.0324. The van der Waals surface area contributed by atoms with Crippen LogP contribution in [-0.2, 0) is 9.59 Å². The second-order valence-corrected chi connectivity index (χ2v) is 5.79. The van der Waals surface area contributed by atoms with Crippen LogP contribution in [0.5, 0.6) is 0 Å². The molecule has 1 unspecified atom stereocenters. The number of nitrogens with one attached hydrogen (secondary N) is 1. The predicted molar refractivity (Wildman–Crippen MR) is 86.8 cm³/mol. The summed E-state index contributed by atoms with van der Waals surface area (Å²) >= 11 is 0. The van der Waals surface area contributed by atoms with Crippen LogP contribution in [0.3, 0.4) is 0 Å². The molecule has 1 atom stereocenters. The van der Waals surface area contributed by atoms with E-state index in [1.54, 1.807) is 4.90 Å². The third kappa shape index (κ3) is 8.71. The normalized spacial score (nSPS) is 12.3. The van der Waals surface area contributed by atoms with E-state index in [0.29, 0.717) is 37.8 Å². The van der Waals surface area contributed by atoms with Crippen molar-refractivity contribution in [1.82, 2.24) is 10.2 Å². The minimum absolute atomic E-state index is 0.0324. The highest BCUT2D eigenvalue weighted by Gasteiger charge is 2.15. The van der Waals surface area contributed by atoms with Crippen LogP contribution < -0.4 is 11.1 Å². The molecule has 0 aliphatic rings. The van der Waals surface area contributed by atoms with Gasteiger partial charge in [-0.1, -0.05) is 13.8 Å². The smallest absolute Gasteiger partial charge is 0.224 e. The number of nitrogens with zero attached hydrogens (tertiary/aromatic N) is 1. The molecule has 0 aliphatic heterocycles. The van der Waals surface area contributed by atoms with Crippen molar-refractivity contribution in [2.24, 2.45) is 17.6 Å². The number of rotatable bonds is 11. The zero-order valence-corrected chi connectivity index (χ0v) is 14.2. The van der Waals surface area contributed by atoms with Crippen molar-refractivity contribution in [3.05, 3.63) is 0 Å². The molecule has 0 radical (unpaired) electrons. The molecule has 0 bridgehead atoms. The minimum Gasteiger partial charge on any atom is -0.356 e. The summed E-state index contributed by atoms with van der Waals surface area (Å²) in [5.74, 6) is 1.18. The Morgan fingerprint density at radius 2 is 1.71 bits per heavy atom. The van der Waals surface area contributed by atoms with Crippen LogP contribution in [0.1, 0.15) is 53.4 Å². The van der Waals surface area contributed by atoms with Crippen LogP contribution in [0.2, 0.25) is 0 Å². The Kier molecular flexibility index (Phi) is 10.9. The number of amides is 2. The summed E-state index contributed by atoms with van der Waals surface area (Å²) in [6.07, 6.45) is 2.72. The summed E-state index contributed by atoms with van der Waals surface area (Å²) in [4.78, 5) is 25.4. The van der Waals surface area contributed by atoms with Gasteiger partial charge >= 0.3 is 0 Å². The Labute approximate surface area is 129 Å². The van der Waals surface area contributed by atoms with Gasteiger partial charge in [-0.3, -0.25) is 9.59 Å². The molecule has 0 fully saturated rings. The fraction of sp³-hybridized carbons (Fsp3) is 0.875. The van der Waals surface area contributed by atoms with Gasteiger partial charge in [0.1, 0.15) is 0 Å². The third-order valence-electron chi connectivity index (χ3n) is 4.00. The highest BCUT2D eigenvalue weighted by Crippen LogP contribution is 2.20. The van der Waals surface area contributed by atoms with E-state index in [1.165, 1.54) is 0 Å². The van der Waals surface area contributed by atoms with E-state index in [-0.39, 0.29) is 11.8 Å². The first kappa shape index (κ1) is 19.9. The molecule has 0 spiro atoms. The average Bonchev–Trinajstić information content (AvgIpc) is 2.44. The van der Waals surface area contributed by atoms with Crippen LogP contribution in [0.4, 0.5) is 0 Å². The van der Waals surface area contributed by atoms with Gasteiger partial charge in [0.2, 0.25) is 11.8 Å². The van der Waals surface area contributed by atoms with Crippen LogP contribution in [0.25, 0.3) is 0 Å². The molecule has 0 aliphatic carbocycles. The molecule has 0 rings (SSSR count). The number of carbonyl (C=O) groups excluding carboxylic acids is 2. The lowest BCUT2D eigenvalue weighted by molar-refractivity contribution is -0.130. The Hall–Kier alpha value is -1.10. The summed E-state index contributed by atoms with van der Waals surface area (Å²) in [5, 5.41) is 2.84. The highest BCUT2D eigenvalue weighted by molar-refractivity contribution is 5.79. The van der Waals surface area contributed by atoms with Gasteiger partial charge in [0.25, 0.3) is 0 Å². The highest BCUT2D eigenvalue weighted by atomic mass is 16.2. The van der Waals surface area contributed by atoms with Crippen molar-refractivity contribution < 1.29 is 9.59 Å². The van der Waals surface area contributed by atoms with Gasteiger partial charge < -0.3 is 16.0 Å². The second-order valence-electron chi connectivity index (χ2n) is 5.79. The van der Waals surface area contributed by atoms with Gasteiger partial charge in [0.15, 0.2) is 0 Å². The molecule has 5 heteroatoms. The molecule has 2 amide bonds. The topological polar surface area (TPSA) is 75.4 Å². The van der Waals surface area contributed by atoms with Crippen molar-refractivity contribution in [1.29, 1.82) is 0 Å². The van der Waals surface area contributed by atoms with Crippen LogP contribution in [0, 0.1) is 11.8 Å². The van der Waals surface area contributed by atoms with Crippen molar-refractivity contribution in [2.45, 2.75) is 53.4 Å². The molecule has 124 valence electrons. The van der Waals surface area contributed by atoms with E-state index in [9.17, 15) is 9.59 Å². The molecule has 3 N–H and O–H groups in total. The zero-order chi connectivity index (χ0) is 16.3. The number of carbonyl (C=O) groups is 2. The van der Waals surface area contributed by atoms with Gasteiger partial charge in [-0.15, -0.1) is 0 Å². The van der Waals surface area contributed by atoms with E-state index in [1.807, 2.05) is 13.8 Å². The van der Waals surface area contributed by atoms with Crippen molar-refractivity contribution in [3.63, 3.8) is 0 Å². The van der Waals surface area contributed by atoms with Crippen molar-refractivity contribution in [3.8, 4) is 0 Å². The first-order chi connectivity index (χ1) is 9.96. The Bertz CT molecular complexity index is 302. The van der Waals surface area contributed by atoms with Gasteiger partial charge in [0.05, 0.1) is 0 Å². The Balaban J connectivity index is 3.92. The first-order valence-corrected chi connectivity index (χ1v) is 8.20. The van der Waals surface area contributed by atoms with E-state index >= 15 is 0 Å². The lowest BCUT2D eigenvalue weighted by Crippen LogP contribution is -2.34. The lowest BCUT2D eigenvalue weighted by Gasteiger charge is -2.20. The maximum atomic E-state index is 11.8. The molecule has 0 aromatic heterocycles. The van der Waals surface area contributed by atoms with Crippen molar-refractivity contribution >= 4 is 11.8 Å². The third-order valence-corrected chi connectivity index (χ3v) is 4.00. The van der Waals surface area contributed by atoms with E-state index in [2.05, 4.69) is 19.2 Å². The molecule has 0 aromatic rings. The van der Waals surface area contributed by atoms with Gasteiger partial charge in [-0.25, -0.2) is 0 Å². The standard InChI is InChI=1S/C16H33N3O2/c1-5-19(6-2)16(21)10-12-18-15(20)8-7-14(9-11-17)13(3)4/h13-14H,5-12,17H2,1-4H3,(H,18,20). The SMILES string of the molecule is CCN(CC)C(=O)CCNC(=O)CCC(CCN)C(C)C. The lowest BCUT2D eigenvalue weighted by atomic mass is 9.88. The maximum Gasteiger partial charge on any atom is 0.224 e. The Morgan fingerprint density at radius 1 is 1.10 bits per heavy atom. The van der Waals surface area contributed by atoms with Crippen LogP contribution in [0.15, 0.2) is 0 Å². The van der Waals surface area contributed by atoms with E-state index in [0.717, 1.165) is 25.9 Å². The van der Waals surface area contributed by atoms with E-state index in [4.69, 9.17) is 5.73 Å². The average molecular weight is 299 g/mol. The summed E-state index contributed by atoms with van der Waals surface area (Å²) in [7, 11) is 0. The summed E-state index contributed by atoms with van der Waals surface area (Å²) in [5.41, 5.74) is 5.60. The molecule has 21 heavy (non-hydrogen) atoms. The van der Waals surface area contributed by atoms with Gasteiger partial charge in [0, 0.05) is 32.5 Å². The molecule has 0 heterocycles. The molecule has 0 saturated carbocycles. The zero-order valence-electron chi connectivity index (χ0n) is 14.2. The van der Waals surface area contributed by atoms with Gasteiger partial charge in [-0.05, 0) is 45.1 Å². The van der Waals surface area contributed by atoms with Crippen molar-refractivity contribution in [2.75, 3.05) is 26.2 Å². The predicted octanol–water partition coefficient (Wildman–Crippen LogP) is 1.76. The van der Waals surface area contributed by atoms with Gasteiger partial charge in [-0.2, -0.15) is 0 Å². The van der Waals surface area contributed by atoms with E-state index < -0.39 is 0 Å². The number of nitrogens with two attached hydrogens (primary N) is 1. The second kappa shape index (κ2) is 11.5. The first-order valence-electron chi connectivity index (χ1n) is 8.20. The number of hydrogen-bond donors (Lipinski definition) is 2. The Morgan fingerprint density at radius 3 is 2.19 bits per heavy atom. The molecule has 0 saturated heterocycles. The van der Waals surface area contributed by atoms with Crippen LogP contribution in [-0.4, -0.2) is 42.9 Å². The summed E-state index contributed by atoms with van der Waals surface area (Å²) in [6, 6.07) is 0. The fourth-order valence-corrected chi connectivity index (χ4v) is 2.47. The summed E-state index contributed by atoms with van der Waals surface area (Å²) < 4.78 is 0.